The quantitative estimate of drug-likeness (QED) is 0.218. The van der Waals surface area contributed by atoms with Crippen molar-refractivity contribution in [1.29, 1.82) is 0 Å². The van der Waals surface area contributed by atoms with Crippen molar-refractivity contribution in [3.05, 3.63) is 83.6 Å². The molecule has 8 nitrogen and oxygen atoms in total. The molecule has 1 heterocycles. The molecule has 4 aromatic rings. The molecule has 1 unspecified atom stereocenters. The molecule has 2 N–H and O–H groups in total. The Labute approximate surface area is 233 Å². The third kappa shape index (κ3) is 5.93. The summed E-state index contributed by atoms with van der Waals surface area (Å²) in [6, 6.07) is 18.0. The van der Waals surface area contributed by atoms with Gasteiger partial charge in [-0.1, -0.05) is 50.1 Å². The molecule has 0 aliphatic heterocycles. The number of fused-ring (bicyclic) bond motifs is 1. The minimum absolute atomic E-state index is 0.0315. The fourth-order valence-electron chi connectivity index (χ4n) is 4.34. The van der Waals surface area contributed by atoms with Gasteiger partial charge in [-0.15, -0.1) is 5.92 Å². The van der Waals surface area contributed by atoms with Gasteiger partial charge < -0.3 is 14.5 Å². The van der Waals surface area contributed by atoms with E-state index in [2.05, 4.69) is 21.9 Å². The number of rotatable bonds is 8. The lowest BCUT2D eigenvalue weighted by atomic mass is 10.1. The second kappa shape index (κ2) is 11.8. The van der Waals surface area contributed by atoms with E-state index in [1.165, 1.54) is 19.2 Å². The van der Waals surface area contributed by atoms with Gasteiger partial charge >= 0.3 is 5.97 Å². The van der Waals surface area contributed by atoms with Gasteiger partial charge in [0, 0.05) is 22.2 Å². The van der Waals surface area contributed by atoms with Crippen LogP contribution >= 0.6 is 0 Å². The lowest BCUT2D eigenvalue weighted by molar-refractivity contribution is -0.143. The van der Waals surface area contributed by atoms with Crippen LogP contribution in [-0.2, 0) is 19.6 Å². The van der Waals surface area contributed by atoms with Gasteiger partial charge in [0.25, 0.3) is 5.91 Å². The second-order valence-electron chi connectivity index (χ2n) is 9.53. The van der Waals surface area contributed by atoms with Gasteiger partial charge in [0.2, 0.25) is 10.0 Å². The van der Waals surface area contributed by atoms with E-state index in [1.54, 1.807) is 45.0 Å². The number of anilines is 1. The van der Waals surface area contributed by atoms with E-state index in [9.17, 15) is 18.0 Å². The summed E-state index contributed by atoms with van der Waals surface area (Å²) in [7, 11) is -2.72. The lowest BCUT2D eigenvalue weighted by Gasteiger charge is -2.19. The first kappa shape index (κ1) is 28.6. The van der Waals surface area contributed by atoms with Gasteiger partial charge in [0.05, 0.1) is 12.0 Å². The van der Waals surface area contributed by atoms with E-state index in [-0.39, 0.29) is 22.5 Å². The van der Waals surface area contributed by atoms with Gasteiger partial charge in [-0.2, -0.15) is 4.72 Å². The van der Waals surface area contributed by atoms with Crippen molar-refractivity contribution in [3.8, 4) is 23.0 Å². The molecule has 0 saturated carbocycles. The zero-order valence-corrected chi connectivity index (χ0v) is 23.7. The van der Waals surface area contributed by atoms with Crippen LogP contribution in [0.1, 0.15) is 42.5 Å². The average Bonchev–Trinajstić information content (AvgIpc) is 3.29. The number of amides is 1. The van der Waals surface area contributed by atoms with Crippen molar-refractivity contribution in [2.45, 2.75) is 38.6 Å². The molecule has 0 radical (unpaired) electrons. The Hall–Kier alpha value is -4.39. The molecule has 0 fully saturated rings. The third-order valence-corrected chi connectivity index (χ3v) is 7.92. The summed E-state index contributed by atoms with van der Waals surface area (Å²) in [6.45, 7) is 7.06. The Morgan fingerprint density at radius 1 is 0.950 bits per heavy atom. The highest BCUT2D eigenvalue weighted by Crippen LogP contribution is 2.29. The minimum Gasteiger partial charge on any atom is -0.468 e. The summed E-state index contributed by atoms with van der Waals surface area (Å²) in [5.41, 5.74) is 4.31. The number of nitrogens with one attached hydrogen (secondary N) is 2. The normalized spacial score (nSPS) is 12.1. The van der Waals surface area contributed by atoms with Gasteiger partial charge in [-0.25, -0.2) is 8.42 Å². The van der Waals surface area contributed by atoms with Crippen LogP contribution in [0.5, 0.6) is 0 Å². The molecule has 0 aliphatic rings. The van der Waals surface area contributed by atoms with Gasteiger partial charge in [-0.05, 0) is 67.3 Å². The molecule has 1 amide bonds. The number of ether oxygens (including phenoxy) is 1. The number of methoxy groups -OCH3 is 1. The fourth-order valence-corrected chi connectivity index (χ4v) is 5.67. The molecule has 40 heavy (non-hydrogen) atoms. The van der Waals surface area contributed by atoms with E-state index in [1.807, 2.05) is 37.3 Å². The molecular formula is C31H30N2O6S. The first-order valence-corrected chi connectivity index (χ1v) is 14.1. The van der Waals surface area contributed by atoms with Crippen molar-refractivity contribution >= 4 is 38.6 Å². The Bertz CT molecular complexity index is 1720. The molecule has 0 bridgehead atoms. The van der Waals surface area contributed by atoms with Crippen molar-refractivity contribution in [3.63, 3.8) is 0 Å². The third-order valence-electron chi connectivity index (χ3n) is 6.46. The SMILES string of the molecule is CC#Cc1cccc2oc(C(=O)Nc3ccc(-c4ccc(S(=O)(=O)NC(C(=O)OC)C(C)C)cc4)cc3)c(C)c12. The van der Waals surface area contributed by atoms with Crippen LogP contribution in [0.4, 0.5) is 5.69 Å². The van der Waals surface area contributed by atoms with Crippen LogP contribution in [0, 0.1) is 24.7 Å². The summed E-state index contributed by atoms with van der Waals surface area (Å²) in [5, 5.41) is 3.69. The standard InChI is InChI=1S/C31H30N2O6S/c1-6-8-23-9-7-10-26-27(23)20(4)29(39-26)30(34)32-24-15-11-21(12-16-24)22-13-17-25(18-14-22)40(36,37)33-28(19(2)3)31(35)38-5/h7,9-19,28,33H,1-5H3,(H,32,34). The Morgan fingerprint density at radius 3 is 2.15 bits per heavy atom. The average molecular weight is 559 g/mol. The number of hydrogen-bond acceptors (Lipinski definition) is 6. The highest BCUT2D eigenvalue weighted by atomic mass is 32.2. The van der Waals surface area contributed by atoms with Crippen molar-refractivity contribution < 1.29 is 27.2 Å². The topological polar surface area (TPSA) is 115 Å². The number of carbonyl (C=O) groups excluding carboxylic acids is 2. The number of hydrogen-bond donors (Lipinski definition) is 2. The second-order valence-corrected chi connectivity index (χ2v) is 11.2. The van der Waals surface area contributed by atoms with Gasteiger partial charge in [0.1, 0.15) is 11.6 Å². The number of aryl methyl sites for hydroxylation is 1. The van der Waals surface area contributed by atoms with Gasteiger partial charge in [0.15, 0.2) is 5.76 Å². The maximum absolute atomic E-state index is 13.0. The van der Waals surface area contributed by atoms with Crippen LogP contribution in [-0.4, -0.2) is 33.4 Å². The first-order valence-electron chi connectivity index (χ1n) is 12.6. The molecule has 4 rings (SSSR count). The summed E-state index contributed by atoms with van der Waals surface area (Å²) in [4.78, 5) is 25.0. The van der Waals surface area contributed by atoms with Crippen molar-refractivity contribution in [1.82, 2.24) is 4.72 Å². The Balaban J connectivity index is 1.49. The van der Waals surface area contributed by atoms with E-state index < -0.39 is 22.0 Å². The predicted octanol–water partition coefficient (Wildman–Crippen LogP) is 5.51. The lowest BCUT2D eigenvalue weighted by Crippen LogP contribution is -2.44. The number of sulfonamides is 1. The van der Waals surface area contributed by atoms with E-state index >= 15 is 0 Å². The smallest absolute Gasteiger partial charge is 0.324 e. The molecule has 3 aromatic carbocycles. The first-order chi connectivity index (χ1) is 19.1. The van der Waals surface area contributed by atoms with E-state index in [0.717, 1.165) is 27.6 Å². The van der Waals surface area contributed by atoms with Crippen LogP contribution in [0.2, 0.25) is 0 Å². The number of benzene rings is 3. The van der Waals surface area contributed by atoms with Crippen LogP contribution in [0.3, 0.4) is 0 Å². The molecule has 0 spiro atoms. The van der Waals surface area contributed by atoms with E-state index in [0.29, 0.717) is 11.3 Å². The van der Waals surface area contributed by atoms with E-state index in [4.69, 9.17) is 9.15 Å². The zero-order valence-electron chi connectivity index (χ0n) is 22.9. The van der Waals surface area contributed by atoms with Crippen molar-refractivity contribution in [2.24, 2.45) is 5.92 Å². The summed E-state index contributed by atoms with van der Waals surface area (Å²) < 4.78 is 38.7. The maximum Gasteiger partial charge on any atom is 0.324 e. The summed E-state index contributed by atoms with van der Waals surface area (Å²) >= 11 is 0. The van der Waals surface area contributed by atoms with Crippen LogP contribution in [0.15, 0.2) is 76.0 Å². The molecular weight excluding hydrogens is 528 g/mol. The Kier molecular flexibility index (Phi) is 8.43. The largest absolute Gasteiger partial charge is 0.468 e. The molecule has 0 aliphatic carbocycles. The predicted molar refractivity (Wildman–Crippen MR) is 154 cm³/mol. The zero-order chi connectivity index (χ0) is 29.0. The maximum atomic E-state index is 13.0. The fraction of sp³-hybridized carbons (Fsp3) is 0.226. The molecule has 9 heteroatoms. The monoisotopic (exact) mass is 558 g/mol. The number of carbonyl (C=O) groups is 2. The van der Waals surface area contributed by atoms with Crippen LogP contribution in [0.25, 0.3) is 22.1 Å². The van der Waals surface area contributed by atoms with Crippen molar-refractivity contribution in [2.75, 3.05) is 12.4 Å². The molecule has 206 valence electrons. The van der Waals surface area contributed by atoms with Crippen LogP contribution < -0.4 is 10.0 Å². The Morgan fingerprint density at radius 2 is 1.57 bits per heavy atom. The highest BCUT2D eigenvalue weighted by molar-refractivity contribution is 7.89. The highest BCUT2D eigenvalue weighted by Gasteiger charge is 2.29. The summed E-state index contributed by atoms with van der Waals surface area (Å²) in [5.74, 6) is 4.86. The molecule has 1 atom stereocenters. The molecule has 1 aromatic heterocycles. The van der Waals surface area contributed by atoms with Gasteiger partial charge in [-0.3, -0.25) is 9.59 Å². The number of esters is 1. The minimum atomic E-state index is -3.94. The summed E-state index contributed by atoms with van der Waals surface area (Å²) in [6.07, 6.45) is 0. The number of furan rings is 1. The molecule has 0 saturated heterocycles.